The van der Waals surface area contributed by atoms with E-state index in [-0.39, 0.29) is 26.9 Å². The lowest BCUT2D eigenvalue weighted by Gasteiger charge is -2.33. The van der Waals surface area contributed by atoms with Crippen molar-refractivity contribution in [1.29, 1.82) is 0 Å². The van der Waals surface area contributed by atoms with Crippen LogP contribution in [0.4, 0.5) is 13.2 Å². The molecule has 31 heavy (non-hydrogen) atoms. The number of rotatable bonds is 3. The number of carboxylic acids is 1. The molecule has 4 nitrogen and oxygen atoms in total. The molecule has 160 valence electrons. The lowest BCUT2D eigenvalue weighted by atomic mass is 9.85. The molecule has 0 fully saturated rings. The summed E-state index contributed by atoms with van der Waals surface area (Å²) >= 11 is 15.0. The Bertz CT molecular complexity index is 1230. The molecule has 1 N–H and O–H groups in total. The van der Waals surface area contributed by atoms with Gasteiger partial charge < -0.3 is 9.94 Å². The molecule has 10 heteroatoms. The van der Waals surface area contributed by atoms with Crippen LogP contribution in [-0.2, 0) is 10.4 Å². The van der Waals surface area contributed by atoms with Crippen LogP contribution < -0.4 is 0 Å². The molecule has 3 aromatic rings. The maximum absolute atomic E-state index is 14.4. The fraction of sp³-hybridized carbons (Fsp3) is 0.143. The van der Waals surface area contributed by atoms with E-state index in [0.29, 0.717) is 16.3 Å². The van der Waals surface area contributed by atoms with E-state index in [4.69, 9.17) is 28.0 Å². The van der Waals surface area contributed by atoms with Crippen LogP contribution in [0.15, 0.2) is 59.8 Å². The molecule has 2 atom stereocenters. The third-order valence-corrected chi connectivity index (χ3v) is 6.54. The first kappa shape index (κ1) is 21.9. The van der Waals surface area contributed by atoms with Gasteiger partial charge in [0.1, 0.15) is 10.5 Å². The number of carboxylic acid groups (broad SMARTS) is 1. The van der Waals surface area contributed by atoms with Gasteiger partial charge in [0.2, 0.25) is 0 Å². The second-order valence-corrected chi connectivity index (χ2v) is 8.62. The van der Waals surface area contributed by atoms with Crippen molar-refractivity contribution in [3.05, 3.63) is 81.3 Å². The summed E-state index contributed by atoms with van der Waals surface area (Å²) in [5, 5.41) is 14.0. The smallest absolute Gasteiger partial charge is 0.436 e. The summed E-state index contributed by atoms with van der Waals surface area (Å²) in [6.45, 7) is 0. The van der Waals surface area contributed by atoms with Crippen molar-refractivity contribution in [1.82, 2.24) is 0 Å². The molecule has 0 aromatic heterocycles. The molecule has 0 aliphatic carbocycles. The lowest BCUT2D eigenvalue weighted by molar-refractivity contribution is -0.273. The van der Waals surface area contributed by atoms with Gasteiger partial charge in [-0.25, -0.2) is 4.79 Å². The van der Waals surface area contributed by atoms with E-state index in [1.54, 1.807) is 24.3 Å². The summed E-state index contributed by atoms with van der Waals surface area (Å²) in [6.07, 6.45) is -4.89. The number of nitrogens with zero attached hydrogens (tertiary/aromatic N) is 1. The predicted molar refractivity (Wildman–Crippen MR) is 115 cm³/mol. The number of carbonyl (C=O) groups is 1. The van der Waals surface area contributed by atoms with Gasteiger partial charge >= 0.3 is 12.1 Å². The van der Waals surface area contributed by atoms with Crippen molar-refractivity contribution in [3.63, 3.8) is 0 Å². The van der Waals surface area contributed by atoms with Crippen LogP contribution in [0.25, 0.3) is 10.8 Å². The summed E-state index contributed by atoms with van der Waals surface area (Å²) in [4.78, 5) is 15.2. The first-order valence-electron chi connectivity index (χ1n) is 8.75. The Morgan fingerprint density at radius 1 is 1.06 bits per heavy atom. The number of benzene rings is 3. The number of aromatic carboxylic acids is 1. The van der Waals surface area contributed by atoms with Crippen molar-refractivity contribution in [2.24, 2.45) is 5.16 Å². The largest absolute Gasteiger partial charge is 0.478 e. The third-order valence-electron chi connectivity index (χ3n) is 5.03. The lowest BCUT2D eigenvalue weighted by Crippen LogP contribution is -2.50. The Balaban J connectivity index is 1.91. The Labute approximate surface area is 192 Å². The second-order valence-electron chi connectivity index (χ2n) is 6.83. The maximum atomic E-state index is 14.4. The van der Waals surface area contributed by atoms with Crippen molar-refractivity contribution in [2.45, 2.75) is 16.6 Å². The summed E-state index contributed by atoms with van der Waals surface area (Å²) < 4.78 is 43.2. The SMILES string of the molecule is O=C(O)c1ccc(C2=NOC(c3cc(Cl)cc(Cl)c3)(C(F)(F)F)C2Br)c2ccccc12. The minimum atomic E-state index is -4.89. The van der Waals surface area contributed by atoms with Crippen molar-refractivity contribution < 1.29 is 27.9 Å². The Morgan fingerprint density at radius 2 is 1.68 bits per heavy atom. The standard InChI is InChI=1S/C21H11BrCl2F3NO3/c22-18-17(15-5-6-16(19(29)30)14-4-2-1-3-13(14)15)28-31-20(18,21(25,26)27)10-7-11(23)9-12(24)8-10/h1-9,18H,(H,29,30). The van der Waals surface area contributed by atoms with E-state index in [0.717, 1.165) is 12.1 Å². The van der Waals surface area contributed by atoms with Crippen molar-refractivity contribution >= 4 is 61.6 Å². The van der Waals surface area contributed by atoms with Crippen LogP contribution >= 0.6 is 39.1 Å². The molecular formula is C21H11BrCl2F3NO3. The van der Waals surface area contributed by atoms with Crippen LogP contribution in [-0.4, -0.2) is 27.8 Å². The van der Waals surface area contributed by atoms with Crippen LogP contribution in [0.5, 0.6) is 0 Å². The Hall–Kier alpha value is -2.29. The Kier molecular flexibility index (Phi) is 5.44. The number of fused-ring (bicyclic) bond motifs is 1. The molecule has 0 bridgehead atoms. The van der Waals surface area contributed by atoms with Gasteiger partial charge in [-0.3, -0.25) is 0 Å². The van der Waals surface area contributed by atoms with E-state index in [9.17, 15) is 23.1 Å². The molecule has 4 rings (SSSR count). The highest BCUT2D eigenvalue weighted by Gasteiger charge is 2.67. The first-order valence-corrected chi connectivity index (χ1v) is 10.4. The van der Waals surface area contributed by atoms with Gasteiger partial charge in [0.15, 0.2) is 0 Å². The summed E-state index contributed by atoms with van der Waals surface area (Å²) in [7, 11) is 0. The van der Waals surface area contributed by atoms with Gasteiger partial charge in [0.05, 0.1) is 5.56 Å². The van der Waals surface area contributed by atoms with Gasteiger partial charge in [-0.15, -0.1) is 0 Å². The van der Waals surface area contributed by atoms with Crippen LogP contribution in [0, 0.1) is 0 Å². The number of hydrogen-bond donors (Lipinski definition) is 1. The van der Waals surface area contributed by atoms with Gasteiger partial charge in [0.25, 0.3) is 5.60 Å². The van der Waals surface area contributed by atoms with Gasteiger partial charge in [-0.05, 0) is 35.0 Å². The molecule has 2 unspecified atom stereocenters. The molecular weight excluding hydrogens is 522 g/mol. The van der Waals surface area contributed by atoms with Crippen LogP contribution in [0.1, 0.15) is 21.5 Å². The van der Waals surface area contributed by atoms with Crippen LogP contribution in [0.3, 0.4) is 0 Å². The summed E-state index contributed by atoms with van der Waals surface area (Å²) in [6, 6.07) is 12.8. The zero-order chi connectivity index (χ0) is 22.6. The molecule has 1 heterocycles. The highest BCUT2D eigenvalue weighted by molar-refractivity contribution is 9.10. The third kappa shape index (κ3) is 3.46. The quantitative estimate of drug-likeness (QED) is 0.377. The first-order chi connectivity index (χ1) is 14.6. The van der Waals surface area contributed by atoms with Gasteiger partial charge in [-0.2, -0.15) is 13.2 Å². The fourth-order valence-electron chi connectivity index (χ4n) is 3.63. The van der Waals surface area contributed by atoms with E-state index in [2.05, 4.69) is 21.1 Å². The molecule has 1 aliphatic heterocycles. The number of oxime groups is 1. The monoisotopic (exact) mass is 531 g/mol. The second kappa shape index (κ2) is 7.69. The maximum Gasteiger partial charge on any atom is 0.436 e. The fourth-order valence-corrected chi connectivity index (χ4v) is 5.09. The van der Waals surface area contributed by atoms with E-state index in [1.165, 1.54) is 18.2 Å². The van der Waals surface area contributed by atoms with Gasteiger partial charge in [-0.1, -0.05) is 74.6 Å². The highest BCUT2D eigenvalue weighted by atomic mass is 79.9. The molecule has 0 radical (unpaired) electrons. The van der Waals surface area contributed by atoms with Crippen LogP contribution in [0.2, 0.25) is 10.0 Å². The van der Waals surface area contributed by atoms with Crippen molar-refractivity contribution in [2.75, 3.05) is 0 Å². The van der Waals surface area contributed by atoms with E-state index < -0.39 is 22.6 Å². The van der Waals surface area contributed by atoms with E-state index in [1.807, 2.05) is 0 Å². The number of halogens is 6. The number of alkyl halides is 4. The molecule has 0 spiro atoms. The molecule has 3 aromatic carbocycles. The minimum Gasteiger partial charge on any atom is -0.478 e. The topological polar surface area (TPSA) is 58.9 Å². The van der Waals surface area contributed by atoms with E-state index >= 15 is 0 Å². The zero-order valence-corrected chi connectivity index (χ0v) is 18.4. The molecule has 0 amide bonds. The molecule has 0 saturated carbocycles. The molecule has 1 aliphatic rings. The normalized spacial score (nSPS) is 21.1. The average Bonchev–Trinajstić information content (AvgIpc) is 3.04. The van der Waals surface area contributed by atoms with Gasteiger partial charge in [0, 0.05) is 21.2 Å². The highest BCUT2D eigenvalue weighted by Crippen LogP contribution is 2.52. The number of hydrogen-bond acceptors (Lipinski definition) is 3. The minimum absolute atomic E-state index is 0.0131. The average molecular weight is 533 g/mol. The predicted octanol–water partition coefficient (Wildman–Crippen LogP) is 6.80. The Morgan fingerprint density at radius 3 is 2.26 bits per heavy atom. The summed E-state index contributed by atoms with van der Waals surface area (Å²) in [5.41, 5.74) is -2.91. The molecule has 0 saturated heterocycles. The summed E-state index contributed by atoms with van der Waals surface area (Å²) in [5.74, 6) is -1.15. The zero-order valence-electron chi connectivity index (χ0n) is 15.3. The van der Waals surface area contributed by atoms with Crippen molar-refractivity contribution in [3.8, 4) is 0 Å².